The number of rotatable bonds is 19. The number of amides is 4. The van der Waals surface area contributed by atoms with Crippen molar-refractivity contribution in [2.24, 2.45) is 13.0 Å². The predicted octanol–water partition coefficient (Wildman–Crippen LogP) is 2.02. The standard InChI is InChI=1S/C36H45N5O11S/c1-22(2)32(35(48)37-25(18-30(42)43)16-17-53(4,50)51)40-33(46)27(15-14-24-20-41(3)29-13-9-8-12-26(24)29)38-34(47)28(19-31(44)45)39-36(49)52-21-23-10-6-5-7-11-23/h5-13,16-17,20,22,25,27-28,32H,14-15,18-19,21H2,1-4H3,(H,37,48)(H,38,47)(H,39,49)(H,40,46)(H,42,43)(H,44,45)/b17-16+/t25-,27+,28+,32+/m1/s1. The number of carbonyl (C=O) groups excluding carboxylic acids is 4. The fourth-order valence-electron chi connectivity index (χ4n) is 5.41. The zero-order chi connectivity index (χ0) is 39.3. The molecule has 0 radical (unpaired) electrons. The number of carboxylic acid groups (broad SMARTS) is 2. The number of nitrogens with zero attached hydrogens (tertiary/aromatic N) is 1. The molecule has 0 fully saturated rings. The van der Waals surface area contributed by atoms with Crippen molar-refractivity contribution in [1.29, 1.82) is 0 Å². The number of fused-ring (bicyclic) bond motifs is 1. The molecule has 3 aromatic rings. The van der Waals surface area contributed by atoms with E-state index >= 15 is 0 Å². The van der Waals surface area contributed by atoms with E-state index < -0.39 is 88.5 Å². The summed E-state index contributed by atoms with van der Waals surface area (Å²) in [4.78, 5) is 76.6. The highest BCUT2D eigenvalue weighted by Gasteiger charge is 2.33. The van der Waals surface area contributed by atoms with Gasteiger partial charge in [-0.2, -0.15) is 0 Å². The van der Waals surface area contributed by atoms with Crippen LogP contribution in [0.5, 0.6) is 0 Å². The highest BCUT2D eigenvalue weighted by Crippen LogP contribution is 2.22. The number of ether oxygens (including phenoxy) is 1. The summed E-state index contributed by atoms with van der Waals surface area (Å²) in [7, 11) is -1.80. The van der Waals surface area contributed by atoms with Crippen LogP contribution >= 0.6 is 0 Å². The second kappa shape index (κ2) is 19.2. The van der Waals surface area contributed by atoms with Crippen LogP contribution in [0.4, 0.5) is 4.79 Å². The summed E-state index contributed by atoms with van der Waals surface area (Å²) in [5.74, 6) is -5.94. The average molecular weight is 756 g/mol. The Labute approximate surface area is 306 Å². The van der Waals surface area contributed by atoms with E-state index in [4.69, 9.17) is 4.74 Å². The van der Waals surface area contributed by atoms with Gasteiger partial charge in [0.05, 0.1) is 18.9 Å². The van der Waals surface area contributed by atoms with Crippen molar-refractivity contribution in [1.82, 2.24) is 25.8 Å². The summed E-state index contributed by atoms with van der Waals surface area (Å²) in [6, 6.07) is 10.7. The zero-order valence-corrected chi connectivity index (χ0v) is 30.6. The summed E-state index contributed by atoms with van der Waals surface area (Å²) in [6.07, 6.45) is 1.48. The highest BCUT2D eigenvalue weighted by molar-refractivity contribution is 7.93. The molecular weight excluding hydrogens is 710 g/mol. The SMILES string of the molecule is CC(C)[C@H](NC(=O)[C@H](CCc1cn(C)c2ccccc12)NC(=O)[C@H](CC(=O)O)NC(=O)OCc1ccccc1)C(=O)N[C@H](/C=C/S(C)(=O)=O)CC(=O)O. The summed E-state index contributed by atoms with van der Waals surface area (Å²) in [6.45, 7) is 3.07. The molecule has 17 heteroatoms. The first-order valence-corrected chi connectivity index (χ1v) is 18.6. The number of nitrogens with one attached hydrogen (secondary N) is 4. The largest absolute Gasteiger partial charge is 0.481 e. The van der Waals surface area contributed by atoms with Gasteiger partial charge in [-0.05, 0) is 36.0 Å². The van der Waals surface area contributed by atoms with Crippen LogP contribution in [0, 0.1) is 5.92 Å². The fourth-order valence-corrected chi connectivity index (χ4v) is 5.89. The Bertz CT molecular complexity index is 1930. The maximum atomic E-state index is 13.9. The second-order valence-corrected chi connectivity index (χ2v) is 14.8. The number of benzene rings is 2. The molecule has 2 aromatic carbocycles. The van der Waals surface area contributed by atoms with E-state index in [1.54, 1.807) is 44.2 Å². The van der Waals surface area contributed by atoms with Gasteiger partial charge >= 0.3 is 18.0 Å². The molecule has 53 heavy (non-hydrogen) atoms. The highest BCUT2D eigenvalue weighted by atomic mass is 32.2. The third kappa shape index (κ3) is 13.7. The van der Waals surface area contributed by atoms with Gasteiger partial charge in [-0.1, -0.05) is 68.5 Å². The minimum atomic E-state index is -3.66. The molecule has 0 saturated carbocycles. The number of carbonyl (C=O) groups is 6. The van der Waals surface area contributed by atoms with Crippen LogP contribution in [0.15, 0.2) is 72.3 Å². The van der Waals surface area contributed by atoms with Crippen molar-refractivity contribution in [3.63, 3.8) is 0 Å². The molecule has 0 aliphatic heterocycles. The van der Waals surface area contributed by atoms with E-state index in [0.717, 1.165) is 34.2 Å². The van der Waals surface area contributed by atoms with E-state index in [1.807, 2.05) is 42.1 Å². The van der Waals surface area contributed by atoms with E-state index in [1.165, 1.54) is 0 Å². The third-order valence-electron chi connectivity index (χ3n) is 8.04. The molecule has 16 nitrogen and oxygen atoms in total. The molecule has 0 aliphatic carbocycles. The monoisotopic (exact) mass is 755 g/mol. The van der Waals surface area contributed by atoms with Crippen LogP contribution in [0.25, 0.3) is 10.9 Å². The number of aromatic nitrogens is 1. The molecule has 0 saturated heterocycles. The van der Waals surface area contributed by atoms with Crippen LogP contribution in [0.2, 0.25) is 0 Å². The molecule has 0 spiro atoms. The van der Waals surface area contributed by atoms with Crippen molar-refractivity contribution < 1.29 is 52.1 Å². The lowest BCUT2D eigenvalue weighted by molar-refractivity contribution is -0.140. The van der Waals surface area contributed by atoms with Gasteiger partial charge in [-0.25, -0.2) is 13.2 Å². The molecule has 1 heterocycles. The Hall–Kier alpha value is -5.71. The molecule has 0 bridgehead atoms. The molecule has 0 aliphatic rings. The van der Waals surface area contributed by atoms with Gasteiger partial charge in [0, 0.05) is 35.8 Å². The normalized spacial score (nSPS) is 13.8. The van der Waals surface area contributed by atoms with Crippen molar-refractivity contribution in [3.8, 4) is 0 Å². The summed E-state index contributed by atoms with van der Waals surface area (Å²) in [5.41, 5.74) is 2.41. The number of sulfone groups is 1. The van der Waals surface area contributed by atoms with Crippen molar-refractivity contribution in [2.45, 2.75) is 70.3 Å². The quantitative estimate of drug-likeness (QED) is 0.103. The molecule has 0 unspecified atom stereocenters. The summed E-state index contributed by atoms with van der Waals surface area (Å²) >= 11 is 0. The van der Waals surface area contributed by atoms with Gasteiger partial charge in [0.25, 0.3) is 0 Å². The zero-order valence-electron chi connectivity index (χ0n) is 29.8. The maximum Gasteiger partial charge on any atom is 0.408 e. The number of aryl methyl sites for hydroxylation is 2. The van der Waals surface area contributed by atoms with E-state index in [9.17, 15) is 47.4 Å². The molecule has 6 N–H and O–H groups in total. The Morgan fingerprint density at radius 2 is 1.43 bits per heavy atom. The lowest BCUT2D eigenvalue weighted by atomic mass is 10.00. The maximum absolute atomic E-state index is 13.9. The van der Waals surface area contributed by atoms with Crippen LogP contribution < -0.4 is 21.3 Å². The van der Waals surface area contributed by atoms with Crippen molar-refractivity contribution in [3.05, 3.63) is 83.4 Å². The van der Waals surface area contributed by atoms with Gasteiger partial charge in [-0.15, -0.1) is 0 Å². The van der Waals surface area contributed by atoms with E-state index in [2.05, 4.69) is 21.3 Å². The van der Waals surface area contributed by atoms with Gasteiger partial charge in [0.2, 0.25) is 17.7 Å². The molecular formula is C36H45N5O11S. The Balaban J connectivity index is 1.86. The third-order valence-corrected chi connectivity index (χ3v) is 8.69. The molecule has 4 amide bonds. The first-order chi connectivity index (χ1) is 24.9. The molecule has 286 valence electrons. The lowest BCUT2D eigenvalue weighted by Gasteiger charge is -2.27. The van der Waals surface area contributed by atoms with E-state index in [0.29, 0.717) is 5.56 Å². The number of hydrogen-bond donors (Lipinski definition) is 6. The summed E-state index contributed by atoms with van der Waals surface area (Å²) in [5, 5.41) is 30.3. The average Bonchev–Trinajstić information content (AvgIpc) is 3.40. The topological polar surface area (TPSA) is 239 Å². The Kier molecular flexibility index (Phi) is 15.1. The lowest BCUT2D eigenvalue weighted by Crippen LogP contribution is -2.58. The van der Waals surface area contributed by atoms with Gasteiger partial charge in [0.1, 0.15) is 24.7 Å². The number of para-hydroxylation sites is 1. The predicted molar refractivity (Wildman–Crippen MR) is 194 cm³/mol. The first kappa shape index (κ1) is 41.7. The fraction of sp³-hybridized carbons (Fsp3) is 0.389. The van der Waals surface area contributed by atoms with Crippen molar-refractivity contribution >= 4 is 56.5 Å². The van der Waals surface area contributed by atoms with Crippen molar-refractivity contribution in [2.75, 3.05) is 6.26 Å². The van der Waals surface area contributed by atoms with Crippen LogP contribution in [-0.4, -0.2) is 89.4 Å². The van der Waals surface area contributed by atoms with Crippen LogP contribution in [0.3, 0.4) is 0 Å². The first-order valence-electron chi connectivity index (χ1n) is 16.7. The molecule has 3 rings (SSSR count). The molecule has 4 atom stereocenters. The Morgan fingerprint density at radius 3 is 2.06 bits per heavy atom. The minimum Gasteiger partial charge on any atom is -0.481 e. The number of alkyl carbamates (subject to hydrolysis) is 1. The van der Waals surface area contributed by atoms with Gasteiger partial charge in [-0.3, -0.25) is 24.0 Å². The second-order valence-electron chi connectivity index (χ2n) is 12.8. The smallest absolute Gasteiger partial charge is 0.408 e. The minimum absolute atomic E-state index is 0.0189. The number of carboxylic acids is 2. The number of hydrogen-bond acceptors (Lipinski definition) is 9. The van der Waals surface area contributed by atoms with Gasteiger partial charge in [0.15, 0.2) is 9.84 Å². The van der Waals surface area contributed by atoms with Gasteiger partial charge < -0.3 is 40.8 Å². The van der Waals surface area contributed by atoms with Crippen LogP contribution in [-0.2, 0) is 58.6 Å². The van der Waals surface area contributed by atoms with Crippen LogP contribution in [0.1, 0.15) is 44.2 Å². The number of aliphatic carboxylic acids is 2. The molecule has 1 aromatic heterocycles. The van der Waals surface area contributed by atoms with E-state index in [-0.39, 0.29) is 19.4 Å². The summed E-state index contributed by atoms with van der Waals surface area (Å²) < 4.78 is 30.4. The Morgan fingerprint density at radius 1 is 0.811 bits per heavy atom.